The highest BCUT2D eigenvalue weighted by atomic mass is 35.5. The first-order valence-electron chi connectivity index (χ1n) is 8.65. The third-order valence-electron chi connectivity index (χ3n) is 4.17. The molecule has 0 radical (unpaired) electrons. The number of benzene rings is 2. The molecule has 5 nitrogen and oxygen atoms in total. The van der Waals surface area contributed by atoms with Gasteiger partial charge in [-0.3, -0.25) is 14.8 Å². The van der Waals surface area contributed by atoms with Gasteiger partial charge in [-0.05, 0) is 37.0 Å². The van der Waals surface area contributed by atoms with Gasteiger partial charge in [0.1, 0.15) is 0 Å². The van der Waals surface area contributed by atoms with Crippen LogP contribution in [0.2, 0.25) is 10.0 Å². The number of carbonyl (C=O) groups excluding carboxylic acids is 1. The Morgan fingerprint density at radius 3 is 2.61 bits per heavy atom. The quantitative estimate of drug-likeness (QED) is 0.472. The molecular weight excluding hydrogens is 417 g/mol. The maximum atomic E-state index is 12.4. The first kappa shape index (κ1) is 20.9. The number of hydrogen-bond acceptors (Lipinski definition) is 5. The fourth-order valence-electron chi connectivity index (χ4n) is 2.65. The van der Waals surface area contributed by atoms with Gasteiger partial charge in [0.15, 0.2) is 0 Å². The van der Waals surface area contributed by atoms with E-state index >= 15 is 0 Å². The number of rotatable bonds is 6. The minimum atomic E-state index is 0.0834. The molecule has 0 aliphatic carbocycles. The smallest absolute Gasteiger partial charge is 0.233 e. The topological polar surface area (TPSA) is 54.3 Å². The van der Waals surface area contributed by atoms with Gasteiger partial charge >= 0.3 is 0 Å². The van der Waals surface area contributed by atoms with Crippen LogP contribution in [0.5, 0.6) is 0 Å². The Balaban J connectivity index is 1.73. The third-order valence-corrected chi connectivity index (χ3v) is 5.86. The molecule has 2 aromatic rings. The van der Waals surface area contributed by atoms with Gasteiger partial charge in [-0.25, -0.2) is 0 Å². The zero-order valence-corrected chi connectivity index (χ0v) is 17.4. The molecule has 0 unspecified atom stereocenters. The van der Waals surface area contributed by atoms with Crippen molar-refractivity contribution in [2.45, 2.75) is 4.90 Å². The van der Waals surface area contributed by atoms with Gasteiger partial charge in [-0.1, -0.05) is 29.3 Å². The Kier molecular flexibility index (Phi) is 7.50. The lowest BCUT2D eigenvalue weighted by Gasteiger charge is -2.26. The van der Waals surface area contributed by atoms with Gasteiger partial charge in [-0.15, -0.1) is 11.8 Å². The van der Waals surface area contributed by atoms with Crippen molar-refractivity contribution < 1.29 is 9.53 Å². The monoisotopic (exact) mass is 435 g/mol. The summed E-state index contributed by atoms with van der Waals surface area (Å²) >= 11 is 13.8. The summed E-state index contributed by atoms with van der Waals surface area (Å²) in [7, 11) is 0. The van der Waals surface area contributed by atoms with E-state index in [-0.39, 0.29) is 5.91 Å². The number of ether oxygens (including phenoxy) is 1. The van der Waals surface area contributed by atoms with E-state index < -0.39 is 0 Å². The van der Waals surface area contributed by atoms with Crippen molar-refractivity contribution in [1.82, 2.24) is 4.90 Å². The number of hydrogen-bond donors (Lipinski definition) is 0. The maximum Gasteiger partial charge on any atom is 0.233 e. The van der Waals surface area contributed by atoms with Crippen LogP contribution in [0.4, 0.5) is 11.4 Å². The van der Waals surface area contributed by atoms with Crippen molar-refractivity contribution in [3.05, 3.63) is 52.0 Å². The third kappa shape index (κ3) is 5.35. The lowest BCUT2D eigenvalue weighted by atomic mass is 10.2. The van der Waals surface area contributed by atoms with Crippen LogP contribution in [0.15, 0.2) is 51.3 Å². The van der Waals surface area contributed by atoms with Crippen LogP contribution in [0.1, 0.15) is 5.56 Å². The fraction of sp³-hybridized carbons (Fsp3) is 0.250. The fourth-order valence-corrected chi connectivity index (χ4v) is 4.09. The Hall–Kier alpha value is -1.86. The number of halogens is 2. The number of nitrogens with zero attached hydrogens (tertiary/aromatic N) is 3. The van der Waals surface area contributed by atoms with Crippen LogP contribution in [-0.4, -0.2) is 55.8 Å². The van der Waals surface area contributed by atoms with E-state index in [1.165, 1.54) is 11.8 Å². The largest absolute Gasteiger partial charge is 0.378 e. The lowest BCUT2D eigenvalue weighted by Crippen LogP contribution is -2.41. The van der Waals surface area contributed by atoms with Crippen LogP contribution in [-0.2, 0) is 9.53 Å². The SMILES string of the molecule is C=Nc1ccc(N=Cc2c(Cl)cccc2Cl)cc1SCC(=O)N1CCOCC1. The van der Waals surface area contributed by atoms with Crippen LogP contribution >= 0.6 is 35.0 Å². The summed E-state index contributed by atoms with van der Waals surface area (Å²) in [5.41, 5.74) is 2.09. The molecule has 28 heavy (non-hydrogen) atoms. The Morgan fingerprint density at radius 1 is 1.21 bits per heavy atom. The molecule has 146 valence electrons. The molecule has 0 atom stereocenters. The van der Waals surface area contributed by atoms with Crippen molar-refractivity contribution in [3.63, 3.8) is 0 Å². The molecule has 0 aromatic heterocycles. The van der Waals surface area contributed by atoms with Crippen molar-refractivity contribution >= 4 is 65.2 Å². The summed E-state index contributed by atoms with van der Waals surface area (Å²) in [6, 6.07) is 10.8. The second kappa shape index (κ2) is 10.1. The Bertz CT molecular complexity index is 879. The first-order chi connectivity index (χ1) is 13.6. The highest BCUT2D eigenvalue weighted by molar-refractivity contribution is 8.00. The van der Waals surface area contributed by atoms with Gasteiger partial charge in [-0.2, -0.15) is 0 Å². The lowest BCUT2D eigenvalue weighted by molar-refractivity contribution is -0.132. The molecule has 8 heteroatoms. The van der Waals surface area contributed by atoms with Crippen LogP contribution in [0.25, 0.3) is 0 Å². The predicted octanol–water partition coefficient (Wildman–Crippen LogP) is 5.03. The number of aliphatic imine (C=N–C) groups is 2. The Morgan fingerprint density at radius 2 is 1.93 bits per heavy atom. The van der Waals surface area contributed by atoms with Crippen molar-refractivity contribution in [1.29, 1.82) is 0 Å². The van der Waals surface area contributed by atoms with E-state index in [1.54, 1.807) is 24.4 Å². The zero-order valence-electron chi connectivity index (χ0n) is 15.1. The van der Waals surface area contributed by atoms with Gasteiger partial charge < -0.3 is 9.64 Å². The molecule has 1 fully saturated rings. The molecule has 0 bridgehead atoms. The van der Waals surface area contributed by atoms with E-state index in [9.17, 15) is 4.79 Å². The summed E-state index contributed by atoms with van der Waals surface area (Å²) in [4.78, 5) is 23.6. The summed E-state index contributed by atoms with van der Waals surface area (Å²) in [5, 5.41) is 1.07. The normalized spacial score (nSPS) is 14.4. The van der Waals surface area contributed by atoms with Gasteiger partial charge in [0.05, 0.1) is 40.4 Å². The van der Waals surface area contributed by atoms with E-state index in [0.29, 0.717) is 53.4 Å². The number of thioether (sulfide) groups is 1. The highest BCUT2D eigenvalue weighted by Crippen LogP contribution is 2.33. The van der Waals surface area contributed by atoms with Crippen molar-refractivity contribution in [2.24, 2.45) is 9.98 Å². The molecule has 0 spiro atoms. The average molecular weight is 436 g/mol. The van der Waals surface area contributed by atoms with Gasteiger partial charge in [0, 0.05) is 29.8 Å². The van der Waals surface area contributed by atoms with Crippen LogP contribution < -0.4 is 0 Å². The molecule has 1 aliphatic rings. The molecule has 3 rings (SSSR count). The first-order valence-corrected chi connectivity index (χ1v) is 10.4. The summed E-state index contributed by atoms with van der Waals surface area (Å²) in [5.74, 6) is 0.409. The molecule has 0 saturated carbocycles. The summed E-state index contributed by atoms with van der Waals surface area (Å²) in [6.07, 6.45) is 1.63. The average Bonchev–Trinajstić information content (AvgIpc) is 2.72. The number of carbonyl (C=O) groups is 1. The van der Waals surface area contributed by atoms with Crippen molar-refractivity contribution in [3.8, 4) is 0 Å². The second-order valence-corrected chi connectivity index (χ2v) is 7.82. The van der Waals surface area contributed by atoms with E-state index in [1.807, 2.05) is 23.1 Å². The summed E-state index contributed by atoms with van der Waals surface area (Å²) in [6.45, 7) is 6.05. The molecule has 1 aliphatic heterocycles. The van der Waals surface area contributed by atoms with E-state index in [0.717, 1.165) is 10.6 Å². The second-order valence-electron chi connectivity index (χ2n) is 5.99. The van der Waals surface area contributed by atoms with Crippen molar-refractivity contribution in [2.75, 3.05) is 32.1 Å². The van der Waals surface area contributed by atoms with Gasteiger partial charge in [0.25, 0.3) is 0 Å². The predicted molar refractivity (Wildman–Crippen MR) is 117 cm³/mol. The minimum Gasteiger partial charge on any atom is -0.378 e. The molecule has 1 heterocycles. The number of morpholine rings is 1. The van der Waals surface area contributed by atoms with Gasteiger partial charge in [0.2, 0.25) is 5.91 Å². The molecule has 1 saturated heterocycles. The van der Waals surface area contributed by atoms with Crippen LogP contribution in [0.3, 0.4) is 0 Å². The summed E-state index contributed by atoms with van der Waals surface area (Å²) < 4.78 is 5.29. The van der Waals surface area contributed by atoms with E-state index in [2.05, 4.69) is 16.7 Å². The molecular formula is C20H19Cl2N3O2S. The van der Waals surface area contributed by atoms with Crippen LogP contribution in [0, 0.1) is 0 Å². The Labute approximate surface area is 178 Å². The highest BCUT2D eigenvalue weighted by Gasteiger charge is 2.17. The molecule has 2 aromatic carbocycles. The number of amides is 1. The maximum absolute atomic E-state index is 12.4. The minimum absolute atomic E-state index is 0.0834. The van der Waals surface area contributed by atoms with E-state index in [4.69, 9.17) is 27.9 Å². The molecule has 0 N–H and O–H groups in total. The standard InChI is InChI=1S/C20H19Cl2N3O2S/c1-23-18-6-5-14(24-12-15-16(21)3-2-4-17(15)22)11-19(18)28-13-20(26)25-7-9-27-10-8-25/h2-6,11-12H,1,7-10,13H2. The molecule has 1 amide bonds. The zero-order chi connectivity index (χ0) is 19.9.